The van der Waals surface area contributed by atoms with E-state index in [0.717, 1.165) is 12.5 Å². The van der Waals surface area contributed by atoms with Crippen molar-refractivity contribution in [3.8, 4) is 0 Å². The molecule has 0 amide bonds. The van der Waals surface area contributed by atoms with Crippen molar-refractivity contribution < 1.29 is 4.74 Å². The third-order valence-electron chi connectivity index (χ3n) is 3.68. The maximum atomic E-state index is 5.39. The summed E-state index contributed by atoms with van der Waals surface area (Å²) in [6, 6.07) is 8.68. The van der Waals surface area contributed by atoms with Crippen LogP contribution in [0.25, 0.3) is 0 Å². The van der Waals surface area contributed by atoms with Gasteiger partial charge in [-0.3, -0.25) is 4.99 Å². The highest BCUT2D eigenvalue weighted by Gasteiger charge is 2.16. The van der Waals surface area contributed by atoms with Crippen molar-refractivity contribution in [2.24, 2.45) is 4.99 Å². The Bertz CT molecular complexity index is 457. The predicted octanol–water partition coefficient (Wildman–Crippen LogP) is 3.31. The normalized spacial score (nSPS) is 13.3. The summed E-state index contributed by atoms with van der Waals surface area (Å²) in [5.74, 6) is 1.23. The Morgan fingerprint density at radius 3 is 2.32 bits per heavy atom. The van der Waals surface area contributed by atoms with Crippen molar-refractivity contribution in [2.45, 2.75) is 39.2 Å². The smallest absolute Gasteiger partial charge is 0.191 e. The first-order valence-electron chi connectivity index (χ1n) is 7.44. The van der Waals surface area contributed by atoms with Gasteiger partial charge in [-0.05, 0) is 32.3 Å². The Morgan fingerprint density at radius 1 is 1.23 bits per heavy atom. The van der Waals surface area contributed by atoms with Crippen molar-refractivity contribution in [1.82, 2.24) is 10.6 Å². The molecule has 0 saturated heterocycles. The number of nitrogens with one attached hydrogen (secondary N) is 2. The second-order valence-corrected chi connectivity index (χ2v) is 6.08. The van der Waals surface area contributed by atoms with Crippen LogP contribution in [0.4, 0.5) is 0 Å². The average Bonchev–Trinajstić information content (AvgIpc) is 2.48. The number of aryl methyl sites for hydroxylation is 1. The zero-order valence-corrected chi connectivity index (χ0v) is 16.9. The first kappa shape index (κ1) is 21.2. The number of benzene rings is 1. The lowest BCUT2D eigenvalue weighted by atomic mass is 10.0. The van der Waals surface area contributed by atoms with Crippen LogP contribution >= 0.6 is 24.0 Å². The number of methoxy groups -OCH3 is 1. The highest BCUT2D eigenvalue weighted by Crippen LogP contribution is 2.14. The highest BCUT2D eigenvalue weighted by atomic mass is 127. The van der Waals surface area contributed by atoms with Crippen molar-refractivity contribution in [3.63, 3.8) is 0 Å². The van der Waals surface area contributed by atoms with E-state index in [9.17, 15) is 0 Å². The van der Waals surface area contributed by atoms with E-state index in [1.165, 1.54) is 11.1 Å². The molecule has 126 valence electrons. The van der Waals surface area contributed by atoms with Gasteiger partial charge in [-0.1, -0.05) is 36.8 Å². The van der Waals surface area contributed by atoms with Crippen molar-refractivity contribution in [1.29, 1.82) is 0 Å². The van der Waals surface area contributed by atoms with Crippen LogP contribution in [-0.2, 0) is 4.74 Å². The first-order valence-corrected chi connectivity index (χ1v) is 7.44. The Hall–Kier alpha value is -0.820. The van der Waals surface area contributed by atoms with Crippen LogP contribution in [0.5, 0.6) is 0 Å². The molecule has 22 heavy (non-hydrogen) atoms. The van der Waals surface area contributed by atoms with E-state index in [-0.39, 0.29) is 29.6 Å². The molecule has 0 heterocycles. The topological polar surface area (TPSA) is 45.7 Å². The molecule has 1 aromatic carbocycles. The van der Waals surface area contributed by atoms with Crippen LogP contribution in [-0.4, -0.2) is 38.8 Å². The molecule has 0 bridgehead atoms. The van der Waals surface area contributed by atoms with E-state index in [1.807, 2.05) is 13.8 Å². The largest absolute Gasteiger partial charge is 0.377 e. The van der Waals surface area contributed by atoms with Crippen LogP contribution in [0.15, 0.2) is 29.3 Å². The van der Waals surface area contributed by atoms with E-state index in [0.29, 0.717) is 12.5 Å². The molecule has 0 fully saturated rings. The lowest BCUT2D eigenvalue weighted by molar-refractivity contribution is 0.0268. The van der Waals surface area contributed by atoms with Crippen LogP contribution in [0, 0.1) is 6.92 Å². The Morgan fingerprint density at radius 2 is 1.82 bits per heavy atom. The molecule has 0 aliphatic carbocycles. The van der Waals surface area contributed by atoms with Crippen LogP contribution in [0.1, 0.15) is 37.8 Å². The lowest BCUT2D eigenvalue weighted by Crippen LogP contribution is -2.46. The number of ether oxygens (including phenoxy) is 1. The summed E-state index contributed by atoms with van der Waals surface area (Å²) in [6.45, 7) is 9.96. The van der Waals surface area contributed by atoms with Crippen molar-refractivity contribution >= 4 is 29.9 Å². The molecule has 5 heteroatoms. The lowest BCUT2D eigenvalue weighted by Gasteiger charge is -2.25. The summed E-state index contributed by atoms with van der Waals surface area (Å²) in [6.07, 6.45) is 0. The molecule has 1 atom stereocenters. The van der Waals surface area contributed by atoms with Gasteiger partial charge in [0.25, 0.3) is 0 Å². The molecule has 1 rings (SSSR count). The van der Waals surface area contributed by atoms with Gasteiger partial charge in [0, 0.05) is 27.2 Å². The van der Waals surface area contributed by atoms with Crippen molar-refractivity contribution in [2.75, 3.05) is 27.2 Å². The molecule has 2 N–H and O–H groups in total. The summed E-state index contributed by atoms with van der Waals surface area (Å²) in [4.78, 5) is 4.24. The van der Waals surface area contributed by atoms with Gasteiger partial charge in [0.05, 0.1) is 5.60 Å². The van der Waals surface area contributed by atoms with Crippen LogP contribution < -0.4 is 10.6 Å². The van der Waals surface area contributed by atoms with Gasteiger partial charge in [-0.2, -0.15) is 0 Å². The van der Waals surface area contributed by atoms with E-state index in [4.69, 9.17) is 4.74 Å². The third kappa shape index (κ3) is 7.45. The minimum absolute atomic E-state index is 0. The second-order valence-electron chi connectivity index (χ2n) is 6.08. The summed E-state index contributed by atoms with van der Waals surface area (Å²) < 4.78 is 5.39. The van der Waals surface area contributed by atoms with E-state index in [2.05, 4.69) is 53.7 Å². The molecule has 0 aliphatic rings. The molecule has 0 aliphatic heterocycles. The minimum atomic E-state index is -0.208. The molecule has 0 radical (unpaired) electrons. The molecule has 0 aromatic heterocycles. The fourth-order valence-corrected chi connectivity index (χ4v) is 1.85. The molecular formula is C17H30IN3O. The Labute approximate surface area is 152 Å². The average molecular weight is 419 g/mol. The Kier molecular flexibility index (Phi) is 9.67. The molecule has 0 spiro atoms. The predicted molar refractivity (Wildman–Crippen MR) is 105 cm³/mol. The number of guanidine groups is 1. The number of hydrogen-bond acceptors (Lipinski definition) is 2. The fraction of sp³-hybridized carbons (Fsp3) is 0.588. The summed E-state index contributed by atoms with van der Waals surface area (Å²) in [5.41, 5.74) is 2.42. The summed E-state index contributed by atoms with van der Waals surface area (Å²) in [7, 11) is 3.50. The fourth-order valence-electron chi connectivity index (χ4n) is 1.85. The van der Waals surface area contributed by atoms with Gasteiger partial charge < -0.3 is 15.4 Å². The second kappa shape index (κ2) is 10.0. The molecular weight excluding hydrogens is 389 g/mol. The number of nitrogens with zero attached hydrogens (tertiary/aromatic N) is 1. The van der Waals surface area contributed by atoms with Crippen molar-refractivity contribution in [3.05, 3.63) is 35.4 Å². The van der Waals surface area contributed by atoms with E-state index >= 15 is 0 Å². The third-order valence-corrected chi connectivity index (χ3v) is 3.68. The molecule has 0 saturated carbocycles. The number of rotatable bonds is 6. The quantitative estimate of drug-likeness (QED) is 0.423. The van der Waals surface area contributed by atoms with Crippen LogP contribution in [0.2, 0.25) is 0 Å². The number of hydrogen-bond donors (Lipinski definition) is 2. The van der Waals surface area contributed by atoms with Gasteiger partial charge in [0.1, 0.15) is 0 Å². The maximum Gasteiger partial charge on any atom is 0.191 e. The molecule has 1 aromatic rings. The summed E-state index contributed by atoms with van der Waals surface area (Å²) >= 11 is 0. The summed E-state index contributed by atoms with van der Waals surface area (Å²) in [5, 5.41) is 6.65. The Balaban J connectivity index is 0.00000441. The zero-order valence-electron chi connectivity index (χ0n) is 14.6. The highest BCUT2D eigenvalue weighted by molar-refractivity contribution is 14.0. The van der Waals surface area contributed by atoms with Gasteiger partial charge in [-0.15, -0.1) is 24.0 Å². The van der Waals surface area contributed by atoms with Gasteiger partial charge in [0.2, 0.25) is 0 Å². The zero-order chi connectivity index (χ0) is 15.9. The monoisotopic (exact) mass is 419 g/mol. The van der Waals surface area contributed by atoms with Crippen LogP contribution in [0.3, 0.4) is 0 Å². The van der Waals surface area contributed by atoms with E-state index < -0.39 is 0 Å². The SMILES string of the molecule is CN=C(NCC(C)c1ccc(C)cc1)NCC(C)(C)OC.I. The maximum absolute atomic E-state index is 5.39. The minimum Gasteiger partial charge on any atom is -0.377 e. The first-order chi connectivity index (χ1) is 9.88. The van der Waals surface area contributed by atoms with Gasteiger partial charge in [0.15, 0.2) is 5.96 Å². The number of aliphatic imine (C=N–C) groups is 1. The standard InChI is InChI=1S/C17H29N3O.HI/c1-13-7-9-15(10-8-13)14(2)11-19-16(18-5)20-12-17(3,4)21-6;/h7-10,14H,11-12H2,1-6H3,(H2,18,19,20);1H. The molecule has 4 nitrogen and oxygen atoms in total. The van der Waals surface area contributed by atoms with E-state index in [1.54, 1.807) is 14.2 Å². The molecule has 1 unspecified atom stereocenters. The van der Waals surface area contributed by atoms with Gasteiger partial charge in [-0.25, -0.2) is 0 Å². The number of halogens is 1. The van der Waals surface area contributed by atoms with Gasteiger partial charge >= 0.3 is 0 Å².